The molecule has 0 bridgehead atoms. The minimum absolute atomic E-state index is 0.126. The molecule has 0 radical (unpaired) electrons. The summed E-state index contributed by atoms with van der Waals surface area (Å²) < 4.78 is 1.95. The summed E-state index contributed by atoms with van der Waals surface area (Å²) in [7, 11) is 0. The van der Waals surface area contributed by atoms with Crippen LogP contribution in [0.5, 0.6) is 0 Å². The largest absolute Gasteiger partial charge is 0.356 e. The number of nitrogens with one attached hydrogen (secondary N) is 2. The van der Waals surface area contributed by atoms with Crippen molar-refractivity contribution in [1.82, 2.24) is 14.9 Å². The molecule has 1 saturated carbocycles. The highest BCUT2D eigenvalue weighted by Gasteiger charge is 2.29. The van der Waals surface area contributed by atoms with Gasteiger partial charge in [0.25, 0.3) is 0 Å². The van der Waals surface area contributed by atoms with Gasteiger partial charge in [-0.1, -0.05) is 23.7 Å². The fourth-order valence-electron chi connectivity index (χ4n) is 3.32. The lowest BCUT2D eigenvalue weighted by Gasteiger charge is -2.10. The summed E-state index contributed by atoms with van der Waals surface area (Å²) in [4.78, 5) is 29.1. The molecule has 2 aromatic carbocycles. The van der Waals surface area contributed by atoms with Gasteiger partial charge in [-0.25, -0.2) is 4.98 Å². The quantitative estimate of drug-likeness (QED) is 0.555. The zero-order chi connectivity index (χ0) is 20.2. The Labute approximate surface area is 174 Å². The van der Waals surface area contributed by atoms with E-state index in [1.54, 1.807) is 24.3 Å². The molecule has 1 fully saturated rings. The third-order valence-electron chi connectivity index (χ3n) is 4.99. The molecule has 150 valence electrons. The molecule has 0 unspecified atom stereocenters. The van der Waals surface area contributed by atoms with Crippen LogP contribution in [0.2, 0.25) is 5.02 Å². The van der Waals surface area contributed by atoms with Crippen molar-refractivity contribution in [3.63, 3.8) is 0 Å². The van der Waals surface area contributed by atoms with E-state index in [2.05, 4.69) is 10.6 Å². The van der Waals surface area contributed by atoms with Crippen LogP contribution >= 0.6 is 11.6 Å². The molecule has 29 heavy (non-hydrogen) atoms. The van der Waals surface area contributed by atoms with E-state index in [1.165, 1.54) is 0 Å². The van der Waals surface area contributed by atoms with Crippen LogP contribution in [0.25, 0.3) is 11.0 Å². The predicted molar refractivity (Wildman–Crippen MR) is 114 cm³/mol. The highest BCUT2D eigenvalue weighted by Crippen LogP contribution is 2.28. The van der Waals surface area contributed by atoms with Crippen LogP contribution in [0, 0.1) is 5.92 Å². The lowest BCUT2D eigenvalue weighted by atomic mass is 10.2. The second-order valence-corrected chi connectivity index (χ2v) is 7.76. The van der Waals surface area contributed by atoms with Gasteiger partial charge in [-0.05, 0) is 55.7 Å². The number of anilines is 1. The van der Waals surface area contributed by atoms with Crippen molar-refractivity contribution in [1.29, 1.82) is 0 Å². The van der Waals surface area contributed by atoms with Crippen molar-refractivity contribution in [2.24, 2.45) is 5.92 Å². The third kappa shape index (κ3) is 4.95. The summed E-state index contributed by atoms with van der Waals surface area (Å²) in [5.74, 6) is 1.09. The van der Waals surface area contributed by atoms with Crippen molar-refractivity contribution in [3.8, 4) is 0 Å². The molecule has 1 heterocycles. The first-order valence-corrected chi connectivity index (χ1v) is 10.3. The molecule has 3 aromatic rings. The van der Waals surface area contributed by atoms with Gasteiger partial charge in [0.2, 0.25) is 11.8 Å². The van der Waals surface area contributed by atoms with Gasteiger partial charge < -0.3 is 15.2 Å². The minimum Gasteiger partial charge on any atom is -0.356 e. The molecule has 2 N–H and O–H groups in total. The third-order valence-corrected chi connectivity index (χ3v) is 5.24. The number of para-hydroxylation sites is 2. The number of amides is 2. The number of nitrogens with zero attached hydrogens (tertiary/aromatic N) is 2. The highest BCUT2D eigenvalue weighted by atomic mass is 35.5. The molecule has 0 saturated heterocycles. The fraction of sp³-hybridized carbons (Fsp3) is 0.318. The van der Waals surface area contributed by atoms with Crippen LogP contribution < -0.4 is 10.6 Å². The molecule has 7 heteroatoms. The van der Waals surface area contributed by atoms with Crippen molar-refractivity contribution in [2.75, 3.05) is 11.9 Å². The zero-order valence-corrected chi connectivity index (χ0v) is 16.8. The number of fused-ring (bicyclic) bond motifs is 1. The van der Waals surface area contributed by atoms with Gasteiger partial charge in [0.15, 0.2) is 0 Å². The van der Waals surface area contributed by atoms with E-state index in [-0.39, 0.29) is 24.3 Å². The van der Waals surface area contributed by atoms with Gasteiger partial charge in [-0.2, -0.15) is 0 Å². The molecule has 0 atom stereocenters. The molecular formula is C22H23ClN4O2. The van der Waals surface area contributed by atoms with Gasteiger partial charge in [0.05, 0.1) is 11.0 Å². The van der Waals surface area contributed by atoms with Crippen molar-refractivity contribution < 1.29 is 9.59 Å². The van der Waals surface area contributed by atoms with Crippen LogP contribution in [0.1, 0.15) is 25.1 Å². The first-order chi connectivity index (χ1) is 14.1. The molecule has 4 rings (SSSR count). The summed E-state index contributed by atoms with van der Waals surface area (Å²) in [5.41, 5.74) is 2.49. The van der Waals surface area contributed by atoms with Gasteiger partial charge in [-0.15, -0.1) is 0 Å². The van der Waals surface area contributed by atoms with Crippen molar-refractivity contribution in [3.05, 3.63) is 59.4 Å². The molecule has 1 aromatic heterocycles. The first kappa shape index (κ1) is 19.5. The summed E-state index contributed by atoms with van der Waals surface area (Å²) in [5, 5.41) is 6.50. The Bertz CT molecular complexity index is 1020. The maximum atomic E-state index is 12.6. The van der Waals surface area contributed by atoms with Gasteiger partial charge >= 0.3 is 0 Å². The summed E-state index contributed by atoms with van der Waals surface area (Å²) in [6.07, 6.45) is 3.48. The number of hydrogen-bond donors (Lipinski definition) is 2. The highest BCUT2D eigenvalue weighted by molar-refractivity contribution is 6.30. The normalized spacial score (nSPS) is 13.4. The first-order valence-electron chi connectivity index (χ1n) is 9.87. The maximum Gasteiger partial charge on any atom is 0.244 e. The van der Waals surface area contributed by atoms with Crippen molar-refractivity contribution in [2.45, 2.75) is 32.2 Å². The number of hydrogen-bond acceptors (Lipinski definition) is 3. The number of aromatic nitrogens is 2. The van der Waals surface area contributed by atoms with E-state index < -0.39 is 0 Å². The Morgan fingerprint density at radius 1 is 1.10 bits per heavy atom. The van der Waals surface area contributed by atoms with E-state index in [0.29, 0.717) is 23.7 Å². The molecule has 6 nitrogen and oxygen atoms in total. The number of rotatable bonds is 8. The molecule has 1 aliphatic carbocycles. The fourth-order valence-corrected chi connectivity index (χ4v) is 3.44. The van der Waals surface area contributed by atoms with E-state index in [0.717, 1.165) is 36.1 Å². The average Bonchev–Trinajstić information content (AvgIpc) is 3.51. The Balaban J connectivity index is 1.43. The van der Waals surface area contributed by atoms with E-state index in [1.807, 2.05) is 28.8 Å². The maximum absolute atomic E-state index is 12.6. The number of aryl methyl sites for hydroxylation is 1. The monoisotopic (exact) mass is 410 g/mol. The average molecular weight is 411 g/mol. The van der Waals surface area contributed by atoms with Crippen LogP contribution in [0.4, 0.5) is 5.69 Å². The number of imidazole rings is 1. The minimum atomic E-state index is -0.126. The standard InChI is InChI=1S/C22H23ClN4O2/c23-16-9-11-17(12-10-16)25-21(28)14-27-19-5-2-1-4-18(19)26-20(27)6-3-13-24-22(29)15-7-8-15/h1-2,4-5,9-12,15H,3,6-8,13-14H2,(H,24,29)(H,25,28). The Kier molecular flexibility index (Phi) is 5.81. The molecule has 2 amide bonds. The van der Waals surface area contributed by atoms with Crippen molar-refractivity contribution >= 4 is 40.1 Å². The smallest absolute Gasteiger partial charge is 0.244 e. The lowest BCUT2D eigenvalue weighted by Crippen LogP contribution is -2.26. The number of benzene rings is 2. The summed E-state index contributed by atoms with van der Waals surface area (Å²) in [6.45, 7) is 0.794. The van der Waals surface area contributed by atoms with Gasteiger partial charge in [0.1, 0.15) is 12.4 Å². The Hall–Kier alpha value is -2.86. The zero-order valence-electron chi connectivity index (χ0n) is 16.0. The molecule has 0 spiro atoms. The van der Waals surface area contributed by atoms with E-state index in [4.69, 9.17) is 16.6 Å². The van der Waals surface area contributed by atoms with Crippen LogP contribution in [-0.2, 0) is 22.6 Å². The van der Waals surface area contributed by atoms with Crippen LogP contribution in [0.15, 0.2) is 48.5 Å². The Morgan fingerprint density at radius 2 is 1.86 bits per heavy atom. The number of halogens is 1. The van der Waals surface area contributed by atoms with Gasteiger partial charge in [-0.3, -0.25) is 9.59 Å². The second kappa shape index (κ2) is 8.66. The van der Waals surface area contributed by atoms with Crippen LogP contribution in [0.3, 0.4) is 0 Å². The molecule has 0 aliphatic heterocycles. The SMILES string of the molecule is O=C(Cn1c(CCCNC(=O)C2CC2)nc2ccccc21)Nc1ccc(Cl)cc1. The summed E-state index contributed by atoms with van der Waals surface area (Å²) in [6, 6.07) is 14.8. The van der Waals surface area contributed by atoms with Gasteiger partial charge in [0, 0.05) is 29.6 Å². The second-order valence-electron chi connectivity index (χ2n) is 7.33. The number of carbonyl (C=O) groups excluding carboxylic acids is 2. The Morgan fingerprint density at radius 3 is 2.62 bits per heavy atom. The lowest BCUT2D eigenvalue weighted by molar-refractivity contribution is -0.122. The van der Waals surface area contributed by atoms with Crippen LogP contribution in [-0.4, -0.2) is 27.9 Å². The number of carbonyl (C=O) groups is 2. The molecule has 1 aliphatic rings. The van der Waals surface area contributed by atoms with E-state index in [9.17, 15) is 9.59 Å². The topological polar surface area (TPSA) is 76.0 Å². The van der Waals surface area contributed by atoms with E-state index >= 15 is 0 Å². The predicted octanol–water partition coefficient (Wildman–Crippen LogP) is 3.79. The molecular weight excluding hydrogens is 388 g/mol. The summed E-state index contributed by atoms with van der Waals surface area (Å²) >= 11 is 5.90.